The highest BCUT2D eigenvalue weighted by Gasteiger charge is 2.12. The summed E-state index contributed by atoms with van der Waals surface area (Å²) in [6.45, 7) is 2.08. The van der Waals surface area contributed by atoms with Crippen LogP contribution in [0.15, 0.2) is 54.7 Å². The quantitative estimate of drug-likeness (QED) is 0.457. The number of thiazole rings is 1. The Hall–Kier alpha value is -2.79. The van der Waals surface area contributed by atoms with E-state index in [0.29, 0.717) is 0 Å². The van der Waals surface area contributed by atoms with Gasteiger partial charge in [-0.2, -0.15) is 9.78 Å². The van der Waals surface area contributed by atoms with E-state index in [4.69, 9.17) is 4.98 Å². The highest BCUT2D eigenvalue weighted by atomic mass is 32.1. The molecule has 5 heteroatoms. The lowest BCUT2D eigenvalue weighted by molar-refractivity contribution is 0.891. The van der Waals surface area contributed by atoms with Gasteiger partial charge in [-0.25, -0.2) is 9.97 Å². The first-order valence-electron chi connectivity index (χ1n) is 7.40. The van der Waals surface area contributed by atoms with E-state index in [1.165, 1.54) is 5.56 Å². The van der Waals surface area contributed by atoms with Crippen molar-refractivity contribution in [2.75, 3.05) is 0 Å². The minimum atomic E-state index is 0.849. The van der Waals surface area contributed by atoms with Crippen LogP contribution in [-0.4, -0.2) is 19.7 Å². The van der Waals surface area contributed by atoms with Crippen LogP contribution in [0.3, 0.4) is 0 Å². The van der Waals surface area contributed by atoms with Gasteiger partial charge in [0.05, 0.1) is 21.9 Å². The van der Waals surface area contributed by atoms with Crippen LogP contribution >= 0.6 is 11.3 Å². The third-order valence-corrected chi connectivity index (χ3v) is 5.04. The first-order valence-corrected chi connectivity index (χ1v) is 8.21. The molecule has 0 radical (unpaired) electrons. The highest BCUT2D eigenvalue weighted by Crippen LogP contribution is 2.28. The number of para-hydroxylation sites is 2. The van der Waals surface area contributed by atoms with Crippen LogP contribution in [0.2, 0.25) is 0 Å². The van der Waals surface area contributed by atoms with Crippen molar-refractivity contribution in [1.82, 2.24) is 19.7 Å². The van der Waals surface area contributed by atoms with Crippen LogP contribution in [0.5, 0.6) is 0 Å². The summed E-state index contributed by atoms with van der Waals surface area (Å²) in [5.41, 5.74) is 4.03. The third kappa shape index (κ3) is 1.87. The molecule has 2 aromatic carbocycles. The van der Waals surface area contributed by atoms with Crippen molar-refractivity contribution >= 4 is 43.5 Å². The lowest BCUT2D eigenvalue weighted by Gasteiger charge is -2.02. The molecule has 4 nitrogen and oxygen atoms in total. The molecule has 0 unspecified atom stereocenters. The van der Waals surface area contributed by atoms with Gasteiger partial charge in [0.1, 0.15) is 0 Å². The molecule has 0 saturated heterocycles. The summed E-state index contributed by atoms with van der Waals surface area (Å²) in [6, 6.07) is 16.5. The van der Waals surface area contributed by atoms with Gasteiger partial charge >= 0.3 is 0 Å². The molecule has 23 heavy (non-hydrogen) atoms. The topological polar surface area (TPSA) is 43.6 Å². The van der Waals surface area contributed by atoms with E-state index in [0.717, 1.165) is 37.3 Å². The number of hydrogen-bond donors (Lipinski definition) is 0. The van der Waals surface area contributed by atoms with Crippen molar-refractivity contribution in [3.05, 3.63) is 60.3 Å². The van der Waals surface area contributed by atoms with Gasteiger partial charge in [0, 0.05) is 10.8 Å². The second-order valence-corrected chi connectivity index (χ2v) is 6.58. The fourth-order valence-electron chi connectivity index (χ4n) is 2.88. The van der Waals surface area contributed by atoms with Crippen molar-refractivity contribution in [2.24, 2.45) is 0 Å². The summed E-state index contributed by atoms with van der Waals surface area (Å²) in [7, 11) is 0. The van der Waals surface area contributed by atoms with Gasteiger partial charge in [0.2, 0.25) is 5.13 Å². The van der Waals surface area contributed by atoms with Crippen LogP contribution in [0.4, 0.5) is 0 Å². The Morgan fingerprint density at radius 3 is 2.78 bits per heavy atom. The maximum Gasteiger partial charge on any atom is 0.213 e. The zero-order valence-electron chi connectivity index (χ0n) is 12.4. The number of fused-ring (bicyclic) bond motifs is 3. The summed E-state index contributed by atoms with van der Waals surface area (Å²) in [5, 5.41) is 7.53. The molecule has 3 aromatic heterocycles. The average molecular weight is 316 g/mol. The van der Waals surface area contributed by atoms with Gasteiger partial charge < -0.3 is 0 Å². The average Bonchev–Trinajstić information content (AvgIpc) is 3.16. The molecular weight excluding hydrogens is 304 g/mol. The van der Waals surface area contributed by atoms with Crippen LogP contribution in [0, 0.1) is 6.92 Å². The van der Waals surface area contributed by atoms with Crippen LogP contribution < -0.4 is 0 Å². The van der Waals surface area contributed by atoms with Crippen LogP contribution in [0.25, 0.3) is 37.3 Å². The monoisotopic (exact) mass is 316 g/mol. The van der Waals surface area contributed by atoms with E-state index in [-0.39, 0.29) is 0 Å². The zero-order valence-corrected chi connectivity index (χ0v) is 13.2. The molecule has 0 aliphatic carbocycles. The predicted molar refractivity (Wildman–Crippen MR) is 94.3 cm³/mol. The minimum Gasteiger partial charge on any atom is -0.228 e. The zero-order chi connectivity index (χ0) is 15.4. The molecule has 0 aliphatic rings. The number of hydrogen-bond acceptors (Lipinski definition) is 4. The molecule has 0 aliphatic heterocycles. The van der Waals surface area contributed by atoms with Gasteiger partial charge in [-0.05, 0) is 30.7 Å². The molecule has 110 valence electrons. The number of nitrogens with zero attached hydrogens (tertiary/aromatic N) is 4. The fourth-order valence-corrected chi connectivity index (χ4v) is 3.81. The van der Waals surface area contributed by atoms with Crippen molar-refractivity contribution < 1.29 is 0 Å². The van der Waals surface area contributed by atoms with Crippen molar-refractivity contribution in [1.29, 1.82) is 0 Å². The van der Waals surface area contributed by atoms with Crippen molar-refractivity contribution in [3.63, 3.8) is 0 Å². The molecule has 0 bridgehead atoms. The molecule has 0 N–H and O–H groups in total. The highest BCUT2D eigenvalue weighted by molar-refractivity contribution is 7.20. The maximum absolute atomic E-state index is 4.85. The predicted octanol–water partition coefficient (Wildman–Crippen LogP) is 4.49. The number of rotatable bonds is 1. The molecule has 5 aromatic rings. The summed E-state index contributed by atoms with van der Waals surface area (Å²) >= 11 is 1.63. The largest absolute Gasteiger partial charge is 0.228 e. The van der Waals surface area contributed by atoms with Crippen LogP contribution in [-0.2, 0) is 0 Å². The first-order chi connectivity index (χ1) is 11.3. The van der Waals surface area contributed by atoms with E-state index in [1.54, 1.807) is 11.3 Å². The molecule has 0 saturated carbocycles. The number of aryl methyl sites for hydroxylation is 1. The Morgan fingerprint density at radius 2 is 1.87 bits per heavy atom. The fraction of sp³-hybridized carbons (Fsp3) is 0.0556. The van der Waals surface area contributed by atoms with Crippen molar-refractivity contribution in [3.8, 4) is 5.13 Å². The Bertz CT molecular complexity index is 1150. The molecule has 0 amide bonds. The number of aromatic nitrogens is 4. The van der Waals surface area contributed by atoms with Gasteiger partial charge in [0.25, 0.3) is 0 Å². The Labute approximate surface area is 136 Å². The molecule has 3 heterocycles. The molecular formula is C18H12N4S. The summed E-state index contributed by atoms with van der Waals surface area (Å²) < 4.78 is 2.99. The van der Waals surface area contributed by atoms with E-state index >= 15 is 0 Å². The Kier molecular flexibility index (Phi) is 2.55. The van der Waals surface area contributed by atoms with E-state index in [9.17, 15) is 0 Å². The molecule has 0 fully saturated rings. The molecule has 0 atom stereocenters. The van der Waals surface area contributed by atoms with Gasteiger partial charge in [-0.3, -0.25) is 0 Å². The Morgan fingerprint density at radius 1 is 0.957 bits per heavy atom. The minimum absolute atomic E-state index is 0.849. The van der Waals surface area contributed by atoms with E-state index in [1.807, 2.05) is 29.1 Å². The smallest absolute Gasteiger partial charge is 0.213 e. The lowest BCUT2D eigenvalue weighted by atomic mass is 10.1. The van der Waals surface area contributed by atoms with Crippen LogP contribution in [0.1, 0.15) is 5.56 Å². The van der Waals surface area contributed by atoms with Gasteiger partial charge in [0.15, 0.2) is 5.65 Å². The first kappa shape index (κ1) is 12.7. The van der Waals surface area contributed by atoms with E-state index < -0.39 is 0 Å². The standard InChI is InChI=1S/C18H12N4S/c1-11-5-4-6-12-9-13-10-19-22(17(13)21-16(11)12)18-20-14-7-2-3-8-15(14)23-18/h2-10H,1H3. The second kappa shape index (κ2) is 4.60. The number of pyridine rings is 1. The SMILES string of the molecule is Cc1cccc2cc3cnn(-c4nc5ccccc5s4)c3nc12. The van der Waals surface area contributed by atoms with Gasteiger partial charge in [-0.15, -0.1) is 0 Å². The molecule has 0 spiro atoms. The summed E-state index contributed by atoms with van der Waals surface area (Å²) in [5.74, 6) is 0. The van der Waals surface area contributed by atoms with E-state index in [2.05, 4.69) is 47.3 Å². The molecule has 5 rings (SSSR count). The number of benzene rings is 2. The second-order valence-electron chi connectivity index (χ2n) is 5.57. The lowest BCUT2D eigenvalue weighted by Crippen LogP contribution is -1.97. The third-order valence-electron chi connectivity index (χ3n) is 4.03. The van der Waals surface area contributed by atoms with Gasteiger partial charge in [-0.1, -0.05) is 41.7 Å². The summed E-state index contributed by atoms with van der Waals surface area (Å²) in [4.78, 5) is 9.54. The van der Waals surface area contributed by atoms with Crippen molar-refractivity contribution in [2.45, 2.75) is 6.92 Å². The maximum atomic E-state index is 4.85. The normalized spacial score (nSPS) is 11.7. The summed E-state index contributed by atoms with van der Waals surface area (Å²) in [6.07, 6.45) is 1.86. The Balaban J connectivity index is 1.82.